The lowest BCUT2D eigenvalue weighted by atomic mass is 10.2. The van der Waals surface area contributed by atoms with Gasteiger partial charge in [-0.05, 0) is 70.0 Å². The van der Waals surface area contributed by atoms with E-state index in [1.807, 2.05) is 49.4 Å². The van der Waals surface area contributed by atoms with Gasteiger partial charge in [-0.25, -0.2) is 17.6 Å². The number of rotatable bonds is 10. The number of benzene rings is 2. The molecule has 0 atom stereocenters. The standard InChI is InChI=1S/C29H32N6O3S/c1-4-32-24-14-12-22(20-30)18-26(24)33(5-2)28(32)10-9-11-29-34(6-3)27-19-23(21-31)13-15-25(27)35(29)16-7-8-17-39(36,37)38/h9-15,18-19H,4-8,16-17H2,1-3H3. The Kier molecular flexibility index (Phi) is 8.39. The second-order valence-corrected chi connectivity index (χ2v) is 10.7. The zero-order chi connectivity index (χ0) is 28.2. The summed E-state index contributed by atoms with van der Waals surface area (Å²) in [6, 6.07) is 15.7. The maximum Gasteiger partial charge on any atom is 0.282 e. The van der Waals surface area contributed by atoms with Crippen LogP contribution < -0.4 is 14.4 Å². The summed E-state index contributed by atoms with van der Waals surface area (Å²) in [5.41, 5.74) is 5.12. The van der Waals surface area contributed by atoms with Gasteiger partial charge in [-0.15, -0.1) is 0 Å². The van der Waals surface area contributed by atoms with Crippen LogP contribution in [-0.2, 0) is 23.2 Å². The van der Waals surface area contributed by atoms with E-state index in [4.69, 9.17) is 0 Å². The second-order valence-electron chi connectivity index (χ2n) is 9.23. The van der Waals surface area contributed by atoms with Gasteiger partial charge in [0.15, 0.2) is 11.0 Å². The number of imidazole rings is 1. The minimum absolute atomic E-state index is 0.279. The highest BCUT2D eigenvalue weighted by atomic mass is 32.2. The quantitative estimate of drug-likeness (QED) is 0.213. The number of anilines is 2. The molecule has 4 rings (SSSR count). The van der Waals surface area contributed by atoms with Crippen LogP contribution in [-0.4, -0.2) is 36.4 Å². The third-order valence-corrected chi connectivity index (χ3v) is 7.73. The fraction of sp³-hybridized carbons (Fsp3) is 0.345. The fourth-order valence-electron chi connectivity index (χ4n) is 5.22. The molecule has 10 heteroatoms. The summed E-state index contributed by atoms with van der Waals surface area (Å²) >= 11 is 0. The van der Waals surface area contributed by atoms with Crippen LogP contribution in [0.1, 0.15) is 50.6 Å². The average Bonchev–Trinajstić information content (AvgIpc) is 3.39. The summed E-state index contributed by atoms with van der Waals surface area (Å²) in [7, 11) is -4.26. The molecule has 0 fully saturated rings. The topological polar surface area (TPSA) is 120 Å². The summed E-state index contributed by atoms with van der Waals surface area (Å²) in [6.07, 6.45) is 6.90. The molecule has 0 aliphatic carbocycles. The number of aryl methyl sites for hydroxylation is 2. The van der Waals surface area contributed by atoms with Gasteiger partial charge in [-0.1, -0.05) is 6.08 Å². The van der Waals surface area contributed by atoms with Crippen molar-refractivity contribution >= 4 is 38.6 Å². The van der Waals surface area contributed by atoms with Gasteiger partial charge in [0.2, 0.25) is 0 Å². The first-order valence-electron chi connectivity index (χ1n) is 13.1. The minimum atomic E-state index is -4.26. The van der Waals surface area contributed by atoms with Crippen molar-refractivity contribution in [1.29, 1.82) is 10.5 Å². The summed E-state index contributed by atoms with van der Waals surface area (Å²) in [5, 5.41) is 18.8. The van der Waals surface area contributed by atoms with E-state index in [9.17, 15) is 23.5 Å². The molecule has 0 unspecified atom stereocenters. The number of hydrogen-bond donors (Lipinski definition) is 0. The molecule has 0 saturated carbocycles. The summed E-state index contributed by atoms with van der Waals surface area (Å²) < 4.78 is 37.5. The maximum absolute atomic E-state index is 11.1. The van der Waals surface area contributed by atoms with Crippen molar-refractivity contribution in [1.82, 2.24) is 4.57 Å². The number of nitriles is 2. The van der Waals surface area contributed by atoms with Crippen molar-refractivity contribution in [3.63, 3.8) is 0 Å². The Bertz CT molecular complexity index is 1640. The molecular weight excluding hydrogens is 512 g/mol. The molecule has 0 spiro atoms. The Hall–Kier alpha value is -4.12. The molecule has 0 bridgehead atoms. The monoisotopic (exact) mass is 544 g/mol. The number of unbranched alkanes of at least 4 members (excludes halogenated alkanes) is 1. The Morgan fingerprint density at radius 2 is 1.59 bits per heavy atom. The van der Waals surface area contributed by atoms with Gasteiger partial charge in [0, 0.05) is 31.0 Å². The van der Waals surface area contributed by atoms with Crippen LogP contribution in [0.5, 0.6) is 0 Å². The predicted molar refractivity (Wildman–Crippen MR) is 151 cm³/mol. The van der Waals surface area contributed by atoms with Crippen molar-refractivity contribution in [2.45, 2.75) is 46.7 Å². The molecule has 2 heterocycles. The van der Waals surface area contributed by atoms with Crippen molar-refractivity contribution < 1.29 is 17.5 Å². The lowest BCUT2D eigenvalue weighted by molar-refractivity contribution is -0.674. The highest BCUT2D eigenvalue weighted by Gasteiger charge is 2.29. The van der Waals surface area contributed by atoms with Crippen LogP contribution in [0.4, 0.5) is 11.4 Å². The van der Waals surface area contributed by atoms with E-state index in [2.05, 4.69) is 51.0 Å². The van der Waals surface area contributed by atoms with Crippen molar-refractivity contribution in [3.8, 4) is 12.1 Å². The molecule has 1 aliphatic heterocycles. The average molecular weight is 545 g/mol. The van der Waals surface area contributed by atoms with Crippen LogP contribution >= 0.6 is 0 Å². The Labute approximate surface area is 229 Å². The summed E-state index contributed by atoms with van der Waals surface area (Å²) in [4.78, 5) is 4.41. The van der Waals surface area contributed by atoms with Crippen molar-refractivity contribution in [3.05, 3.63) is 71.3 Å². The molecule has 202 valence electrons. The van der Waals surface area contributed by atoms with E-state index in [-0.39, 0.29) is 12.2 Å². The number of hydrogen-bond acceptors (Lipinski definition) is 7. The third-order valence-electron chi connectivity index (χ3n) is 6.94. The molecule has 39 heavy (non-hydrogen) atoms. The van der Waals surface area contributed by atoms with Crippen LogP contribution in [0.15, 0.2) is 54.4 Å². The van der Waals surface area contributed by atoms with Crippen LogP contribution in [0.25, 0.3) is 17.1 Å². The number of aromatic nitrogens is 2. The lowest BCUT2D eigenvalue weighted by Gasteiger charge is -2.23. The largest absolute Gasteiger partial charge is 0.748 e. The fourth-order valence-corrected chi connectivity index (χ4v) is 5.78. The molecule has 9 nitrogen and oxygen atoms in total. The molecule has 0 N–H and O–H groups in total. The van der Waals surface area contributed by atoms with E-state index in [1.165, 1.54) is 0 Å². The minimum Gasteiger partial charge on any atom is -0.748 e. The second kappa shape index (κ2) is 11.7. The zero-order valence-corrected chi connectivity index (χ0v) is 23.3. The van der Waals surface area contributed by atoms with Crippen molar-refractivity contribution in [2.75, 3.05) is 28.6 Å². The zero-order valence-electron chi connectivity index (χ0n) is 22.5. The van der Waals surface area contributed by atoms with Gasteiger partial charge in [-0.3, -0.25) is 0 Å². The summed E-state index contributed by atoms with van der Waals surface area (Å²) in [6.45, 7) is 8.94. The molecule has 2 aromatic carbocycles. The molecule has 0 radical (unpaired) electrons. The van der Waals surface area contributed by atoms with Gasteiger partial charge in [-0.2, -0.15) is 10.5 Å². The van der Waals surface area contributed by atoms with E-state index < -0.39 is 10.1 Å². The Morgan fingerprint density at radius 1 is 0.923 bits per heavy atom. The Balaban J connectivity index is 1.75. The van der Waals surface area contributed by atoms with Gasteiger partial charge in [0.1, 0.15) is 5.82 Å². The van der Waals surface area contributed by atoms with E-state index >= 15 is 0 Å². The van der Waals surface area contributed by atoms with E-state index in [0.717, 1.165) is 47.1 Å². The number of fused-ring (bicyclic) bond motifs is 2. The van der Waals surface area contributed by atoms with Gasteiger partial charge in [0.05, 0.1) is 57.8 Å². The first-order valence-corrected chi connectivity index (χ1v) is 14.7. The lowest BCUT2D eigenvalue weighted by Crippen LogP contribution is -2.36. The van der Waals surface area contributed by atoms with Gasteiger partial charge in [0.25, 0.3) is 5.82 Å². The predicted octanol–water partition coefficient (Wildman–Crippen LogP) is 4.24. The molecule has 0 amide bonds. The van der Waals surface area contributed by atoms with Gasteiger partial charge >= 0.3 is 0 Å². The third kappa shape index (κ3) is 5.68. The highest BCUT2D eigenvalue weighted by molar-refractivity contribution is 7.85. The van der Waals surface area contributed by atoms with E-state index in [0.29, 0.717) is 30.6 Å². The smallest absolute Gasteiger partial charge is 0.282 e. The van der Waals surface area contributed by atoms with Gasteiger partial charge < -0.3 is 14.4 Å². The number of allylic oxidation sites excluding steroid dienone is 2. The van der Waals surface area contributed by atoms with Crippen LogP contribution in [0.3, 0.4) is 0 Å². The molecular formula is C29H32N6O3S. The molecule has 3 aromatic rings. The number of nitrogens with zero attached hydrogens (tertiary/aromatic N) is 6. The molecule has 0 saturated heterocycles. The normalized spacial score (nSPS) is 14.4. The first kappa shape index (κ1) is 27.9. The Morgan fingerprint density at radius 3 is 2.23 bits per heavy atom. The highest BCUT2D eigenvalue weighted by Crippen LogP contribution is 2.41. The van der Waals surface area contributed by atoms with Crippen LogP contribution in [0.2, 0.25) is 0 Å². The van der Waals surface area contributed by atoms with Crippen LogP contribution in [0, 0.1) is 22.7 Å². The van der Waals surface area contributed by atoms with E-state index in [1.54, 1.807) is 6.07 Å². The SMILES string of the molecule is CCN1C(=CC=Cc2n(CC)c3cc(C#N)ccc3[n+]2CCCCS(=O)(=O)[O-])N(CC)c2cc(C#N)ccc21. The molecule has 1 aliphatic rings. The van der Waals surface area contributed by atoms with Crippen molar-refractivity contribution in [2.24, 2.45) is 0 Å². The summed E-state index contributed by atoms with van der Waals surface area (Å²) in [5.74, 6) is 1.54. The molecule has 1 aromatic heterocycles. The maximum atomic E-state index is 11.1. The first-order chi connectivity index (χ1) is 18.8.